The summed E-state index contributed by atoms with van der Waals surface area (Å²) in [7, 11) is 0. The molecule has 2 heterocycles. The zero-order chi connectivity index (χ0) is 17.5. The van der Waals surface area contributed by atoms with Gasteiger partial charge in [-0.3, -0.25) is 4.79 Å². The van der Waals surface area contributed by atoms with E-state index in [2.05, 4.69) is 29.3 Å². The van der Waals surface area contributed by atoms with Gasteiger partial charge in [-0.05, 0) is 56.7 Å². The molecule has 2 aliphatic heterocycles. The lowest BCUT2D eigenvalue weighted by molar-refractivity contribution is -0.122. The van der Waals surface area contributed by atoms with Gasteiger partial charge in [-0.15, -0.1) is 0 Å². The van der Waals surface area contributed by atoms with E-state index >= 15 is 0 Å². The Hall–Kier alpha value is -1.39. The van der Waals surface area contributed by atoms with Crippen molar-refractivity contribution in [2.45, 2.75) is 51.0 Å². The fourth-order valence-corrected chi connectivity index (χ4v) is 4.20. The maximum absolute atomic E-state index is 12.6. The van der Waals surface area contributed by atoms with Crippen molar-refractivity contribution in [2.24, 2.45) is 5.92 Å². The second kappa shape index (κ2) is 9.35. The second-order valence-corrected chi connectivity index (χ2v) is 7.44. The molecule has 2 saturated heterocycles. The second-order valence-electron chi connectivity index (χ2n) is 7.44. The maximum Gasteiger partial charge on any atom is 0.227 e. The monoisotopic (exact) mass is 344 g/mol. The van der Waals surface area contributed by atoms with Crippen LogP contribution in [-0.2, 0) is 9.53 Å². The normalized spacial score (nSPS) is 21.8. The Bertz CT molecular complexity index is 520. The third kappa shape index (κ3) is 5.05. The molecular formula is C21H32N2O2. The van der Waals surface area contributed by atoms with Crippen molar-refractivity contribution in [1.29, 1.82) is 0 Å². The third-order valence-corrected chi connectivity index (χ3v) is 5.85. The van der Waals surface area contributed by atoms with Crippen molar-refractivity contribution >= 4 is 5.91 Å². The van der Waals surface area contributed by atoms with Gasteiger partial charge in [0.2, 0.25) is 5.91 Å². The number of carbonyl (C=O) groups is 1. The number of piperidine rings is 1. The van der Waals surface area contributed by atoms with Crippen LogP contribution in [0.4, 0.5) is 0 Å². The van der Waals surface area contributed by atoms with Gasteiger partial charge in [0.15, 0.2) is 0 Å². The molecule has 1 aromatic carbocycles. The van der Waals surface area contributed by atoms with Crippen molar-refractivity contribution in [2.75, 3.05) is 32.8 Å². The number of hydrogen-bond acceptors (Lipinski definition) is 3. The van der Waals surface area contributed by atoms with Crippen molar-refractivity contribution in [1.82, 2.24) is 10.2 Å². The highest BCUT2D eigenvalue weighted by atomic mass is 16.5. The van der Waals surface area contributed by atoms with Crippen LogP contribution in [0.25, 0.3) is 0 Å². The molecule has 0 aliphatic carbocycles. The number of ether oxygens (including phenoxy) is 1. The van der Waals surface area contributed by atoms with Gasteiger partial charge in [0.25, 0.3) is 0 Å². The number of nitrogens with one attached hydrogen (secondary N) is 1. The molecule has 2 fully saturated rings. The van der Waals surface area contributed by atoms with Crippen molar-refractivity contribution in [3.63, 3.8) is 0 Å². The summed E-state index contributed by atoms with van der Waals surface area (Å²) < 4.78 is 5.47. The van der Waals surface area contributed by atoms with Crippen molar-refractivity contribution < 1.29 is 9.53 Å². The number of carbonyl (C=O) groups excluding carboxylic acids is 1. The van der Waals surface area contributed by atoms with E-state index in [-0.39, 0.29) is 11.8 Å². The smallest absolute Gasteiger partial charge is 0.227 e. The van der Waals surface area contributed by atoms with Crippen LogP contribution in [0.15, 0.2) is 30.3 Å². The van der Waals surface area contributed by atoms with Gasteiger partial charge in [-0.1, -0.05) is 37.3 Å². The van der Waals surface area contributed by atoms with Gasteiger partial charge in [0.05, 0.1) is 5.92 Å². The molecule has 4 nitrogen and oxygen atoms in total. The van der Waals surface area contributed by atoms with E-state index < -0.39 is 0 Å². The van der Waals surface area contributed by atoms with Crippen LogP contribution in [-0.4, -0.2) is 49.7 Å². The van der Waals surface area contributed by atoms with Gasteiger partial charge in [-0.2, -0.15) is 0 Å². The zero-order valence-electron chi connectivity index (χ0n) is 15.5. The van der Waals surface area contributed by atoms with Crippen LogP contribution in [0, 0.1) is 5.92 Å². The largest absolute Gasteiger partial charge is 0.381 e. The SMILES string of the molecule is CC[C@@H](C(=O)NCC1CCN(C2CCOCC2)CC1)c1ccccc1. The molecule has 0 bridgehead atoms. The minimum atomic E-state index is -0.0245. The third-order valence-electron chi connectivity index (χ3n) is 5.85. The Morgan fingerprint density at radius 1 is 1.16 bits per heavy atom. The first kappa shape index (κ1) is 18.4. The van der Waals surface area contributed by atoms with Gasteiger partial charge in [-0.25, -0.2) is 0 Å². The minimum Gasteiger partial charge on any atom is -0.381 e. The number of hydrogen-bond donors (Lipinski definition) is 1. The minimum absolute atomic E-state index is 0.0245. The summed E-state index contributed by atoms with van der Waals surface area (Å²) in [5.74, 6) is 0.775. The number of likely N-dealkylation sites (tertiary alicyclic amines) is 1. The first-order chi connectivity index (χ1) is 12.3. The number of benzene rings is 1. The summed E-state index contributed by atoms with van der Waals surface area (Å²) in [6, 6.07) is 10.8. The van der Waals surface area contributed by atoms with Crippen molar-refractivity contribution in [3.8, 4) is 0 Å². The lowest BCUT2D eigenvalue weighted by atomic mass is 9.92. The van der Waals surface area contributed by atoms with Crippen molar-refractivity contribution in [3.05, 3.63) is 35.9 Å². The highest BCUT2D eigenvalue weighted by Crippen LogP contribution is 2.24. The predicted octanol–water partition coefficient (Wildman–Crippen LogP) is 3.19. The molecule has 0 saturated carbocycles. The van der Waals surface area contributed by atoms with E-state index in [1.54, 1.807) is 0 Å². The number of nitrogens with zero attached hydrogens (tertiary/aromatic N) is 1. The summed E-state index contributed by atoms with van der Waals surface area (Å²) in [6.45, 7) is 7.08. The van der Waals surface area contributed by atoms with Gasteiger partial charge in [0.1, 0.15) is 0 Å². The van der Waals surface area contributed by atoms with E-state index in [9.17, 15) is 4.79 Å². The summed E-state index contributed by atoms with van der Waals surface area (Å²) in [4.78, 5) is 15.2. The topological polar surface area (TPSA) is 41.6 Å². The van der Waals surface area contributed by atoms with Crippen LogP contribution in [0.5, 0.6) is 0 Å². The molecule has 3 rings (SSSR count). The lowest BCUT2D eigenvalue weighted by Crippen LogP contribution is -2.46. The number of rotatable bonds is 6. The van der Waals surface area contributed by atoms with E-state index in [4.69, 9.17) is 4.74 Å². The summed E-state index contributed by atoms with van der Waals surface area (Å²) >= 11 is 0. The fourth-order valence-electron chi connectivity index (χ4n) is 4.20. The molecule has 4 heteroatoms. The summed E-state index contributed by atoms with van der Waals surface area (Å²) in [6.07, 6.45) is 5.59. The molecule has 0 unspecified atom stereocenters. The van der Waals surface area contributed by atoms with E-state index in [1.807, 2.05) is 18.2 Å². The molecule has 25 heavy (non-hydrogen) atoms. The van der Waals surface area contributed by atoms with Crippen LogP contribution >= 0.6 is 0 Å². The molecule has 138 valence electrons. The molecule has 1 amide bonds. The average molecular weight is 344 g/mol. The lowest BCUT2D eigenvalue weighted by Gasteiger charge is -2.39. The van der Waals surface area contributed by atoms with Crippen LogP contribution in [0.1, 0.15) is 50.5 Å². The standard InChI is InChI=1S/C21H32N2O2/c1-2-20(18-6-4-3-5-7-18)21(24)22-16-17-8-12-23(13-9-17)19-10-14-25-15-11-19/h3-7,17,19-20H,2,8-16H2,1H3,(H,22,24)/t20-/m1/s1. The molecule has 0 aromatic heterocycles. The van der Waals surface area contributed by atoms with Gasteiger partial charge in [0, 0.05) is 25.8 Å². The van der Waals surface area contributed by atoms with E-state index in [0.717, 1.165) is 31.7 Å². The molecule has 1 atom stereocenters. The quantitative estimate of drug-likeness (QED) is 0.862. The Kier molecular flexibility index (Phi) is 6.88. The van der Waals surface area contributed by atoms with Crippen LogP contribution < -0.4 is 5.32 Å². The van der Waals surface area contributed by atoms with E-state index in [0.29, 0.717) is 12.0 Å². The fraction of sp³-hybridized carbons (Fsp3) is 0.667. The molecule has 0 spiro atoms. The highest BCUT2D eigenvalue weighted by Gasteiger charge is 2.27. The van der Waals surface area contributed by atoms with Crippen LogP contribution in [0.2, 0.25) is 0 Å². The number of amides is 1. The van der Waals surface area contributed by atoms with E-state index in [1.165, 1.54) is 38.8 Å². The predicted molar refractivity (Wildman–Crippen MR) is 101 cm³/mol. The Morgan fingerprint density at radius 3 is 2.48 bits per heavy atom. The van der Waals surface area contributed by atoms with Crippen LogP contribution in [0.3, 0.4) is 0 Å². The Balaban J connectivity index is 1.42. The zero-order valence-corrected chi connectivity index (χ0v) is 15.5. The first-order valence-corrected chi connectivity index (χ1v) is 9.92. The molecule has 1 N–H and O–H groups in total. The van der Waals surface area contributed by atoms with Gasteiger partial charge < -0.3 is 15.0 Å². The van der Waals surface area contributed by atoms with Gasteiger partial charge >= 0.3 is 0 Å². The molecule has 0 radical (unpaired) electrons. The summed E-state index contributed by atoms with van der Waals surface area (Å²) in [5.41, 5.74) is 1.12. The highest BCUT2D eigenvalue weighted by molar-refractivity contribution is 5.83. The Labute approximate surface area is 151 Å². The molecular weight excluding hydrogens is 312 g/mol. The maximum atomic E-state index is 12.6. The molecule has 1 aromatic rings. The first-order valence-electron chi connectivity index (χ1n) is 9.92. The Morgan fingerprint density at radius 2 is 1.84 bits per heavy atom. The molecule has 2 aliphatic rings. The summed E-state index contributed by atoms with van der Waals surface area (Å²) in [5, 5.41) is 3.22. The average Bonchev–Trinajstić information content (AvgIpc) is 2.69.